The summed E-state index contributed by atoms with van der Waals surface area (Å²) in [6.07, 6.45) is 2.67. The van der Waals surface area contributed by atoms with Gasteiger partial charge < -0.3 is 4.52 Å². The second-order valence-electron chi connectivity index (χ2n) is 6.48. The third-order valence-corrected chi connectivity index (χ3v) is 4.92. The Morgan fingerprint density at radius 3 is 2.37 bits per heavy atom. The second-order valence-corrected chi connectivity index (χ2v) is 6.48. The van der Waals surface area contributed by atoms with E-state index in [1.807, 2.05) is 36.4 Å². The summed E-state index contributed by atoms with van der Waals surface area (Å²) in [4.78, 5) is 9.22. The van der Waals surface area contributed by atoms with Gasteiger partial charge in [-0.25, -0.2) is 0 Å². The summed E-state index contributed by atoms with van der Waals surface area (Å²) >= 11 is 0. The molecule has 0 spiro atoms. The molecule has 27 heavy (non-hydrogen) atoms. The van der Waals surface area contributed by atoms with E-state index in [-0.39, 0.29) is 0 Å². The summed E-state index contributed by atoms with van der Waals surface area (Å²) in [7, 11) is 0. The van der Waals surface area contributed by atoms with Gasteiger partial charge in [0.25, 0.3) is 5.89 Å². The van der Waals surface area contributed by atoms with Crippen molar-refractivity contribution in [2.24, 2.45) is 0 Å². The average Bonchev–Trinajstić information content (AvgIpc) is 3.22. The molecule has 0 radical (unpaired) electrons. The molecular formula is C23H17N3O. The first-order valence-electron chi connectivity index (χ1n) is 9.04. The standard InChI is InChI=1S/C23H17N3O/c1-2-15-11-12-16-7-3-5-9-18(16)20(15)23-25-22(26-27-23)21-19-10-6-4-8-17(19)13-14-24-21/h3-14H,2H2,1H3. The van der Waals surface area contributed by atoms with Gasteiger partial charge in [-0.1, -0.05) is 72.7 Å². The van der Waals surface area contributed by atoms with Crippen molar-refractivity contribution in [3.63, 3.8) is 0 Å². The summed E-state index contributed by atoms with van der Waals surface area (Å²) < 4.78 is 5.70. The molecule has 0 atom stereocenters. The molecule has 2 aromatic heterocycles. The number of hydrogen-bond acceptors (Lipinski definition) is 4. The lowest BCUT2D eigenvalue weighted by atomic mass is 9.97. The fourth-order valence-electron chi connectivity index (χ4n) is 3.58. The highest BCUT2D eigenvalue weighted by Gasteiger charge is 2.18. The maximum atomic E-state index is 5.70. The van der Waals surface area contributed by atoms with Gasteiger partial charge in [-0.05, 0) is 34.2 Å². The Morgan fingerprint density at radius 2 is 1.56 bits per heavy atom. The average molecular weight is 351 g/mol. The van der Waals surface area contributed by atoms with Crippen molar-refractivity contribution in [1.82, 2.24) is 15.1 Å². The van der Waals surface area contributed by atoms with Crippen LogP contribution in [-0.2, 0) is 6.42 Å². The van der Waals surface area contributed by atoms with Gasteiger partial charge in [0.1, 0.15) is 5.69 Å². The quantitative estimate of drug-likeness (QED) is 0.420. The molecule has 4 heteroatoms. The molecule has 0 aliphatic carbocycles. The number of rotatable bonds is 3. The van der Waals surface area contributed by atoms with E-state index < -0.39 is 0 Å². The van der Waals surface area contributed by atoms with Crippen LogP contribution in [-0.4, -0.2) is 15.1 Å². The maximum absolute atomic E-state index is 5.70. The number of pyridine rings is 1. The highest BCUT2D eigenvalue weighted by atomic mass is 16.5. The Bertz CT molecular complexity index is 1270. The van der Waals surface area contributed by atoms with Gasteiger partial charge in [-0.2, -0.15) is 4.98 Å². The number of nitrogens with zero attached hydrogens (tertiary/aromatic N) is 3. The van der Waals surface area contributed by atoms with E-state index in [0.717, 1.165) is 39.2 Å². The molecule has 0 N–H and O–H groups in total. The van der Waals surface area contributed by atoms with Crippen molar-refractivity contribution in [2.45, 2.75) is 13.3 Å². The number of aryl methyl sites for hydroxylation is 1. The minimum absolute atomic E-state index is 0.511. The highest BCUT2D eigenvalue weighted by molar-refractivity contribution is 5.97. The summed E-state index contributed by atoms with van der Waals surface area (Å²) in [6.45, 7) is 2.14. The maximum Gasteiger partial charge on any atom is 0.259 e. The molecule has 5 aromatic rings. The Balaban J connectivity index is 1.72. The lowest BCUT2D eigenvalue weighted by Gasteiger charge is -2.08. The van der Waals surface area contributed by atoms with Crippen molar-refractivity contribution in [3.05, 3.63) is 78.5 Å². The summed E-state index contributed by atoms with van der Waals surface area (Å²) in [6, 6.07) is 22.6. The summed E-state index contributed by atoms with van der Waals surface area (Å²) in [5, 5.41) is 8.65. The molecular weight excluding hydrogens is 334 g/mol. The fourth-order valence-corrected chi connectivity index (χ4v) is 3.58. The van der Waals surface area contributed by atoms with Gasteiger partial charge in [0.05, 0.1) is 5.56 Å². The molecule has 0 aliphatic heterocycles. The minimum Gasteiger partial charge on any atom is -0.334 e. The first kappa shape index (κ1) is 15.7. The van der Waals surface area contributed by atoms with Crippen LogP contribution in [0.1, 0.15) is 12.5 Å². The normalized spacial score (nSPS) is 11.3. The van der Waals surface area contributed by atoms with E-state index in [2.05, 4.69) is 47.4 Å². The molecule has 3 aromatic carbocycles. The minimum atomic E-state index is 0.511. The molecule has 0 saturated carbocycles. The number of fused-ring (bicyclic) bond motifs is 2. The molecule has 2 heterocycles. The van der Waals surface area contributed by atoms with Gasteiger partial charge in [0.2, 0.25) is 5.82 Å². The van der Waals surface area contributed by atoms with Crippen molar-refractivity contribution in [3.8, 4) is 23.0 Å². The zero-order valence-electron chi connectivity index (χ0n) is 14.9. The molecule has 5 rings (SSSR count). The van der Waals surface area contributed by atoms with Crippen molar-refractivity contribution >= 4 is 21.5 Å². The van der Waals surface area contributed by atoms with E-state index in [4.69, 9.17) is 9.51 Å². The van der Waals surface area contributed by atoms with Crippen LogP contribution >= 0.6 is 0 Å². The predicted octanol–water partition coefficient (Wildman–Crippen LogP) is 5.67. The Kier molecular flexibility index (Phi) is 3.68. The lowest BCUT2D eigenvalue weighted by molar-refractivity contribution is 0.432. The zero-order valence-corrected chi connectivity index (χ0v) is 14.9. The van der Waals surface area contributed by atoms with E-state index in [1.54, 1.807) is 6.20 Å². The predicted molar refractivity (Wildman–Crippen MR) is 107 cm³/mol. The molecule has 0 saturated heterocycles. The van der Waals surface area contributed by atoms with Crippen LogP contribution < -0.4 is 0 Å². The van der Waals surface area contributed by atoms with Crippen LogP contribution in [0.3, 0.4) is 0 Å². The van der Waals surface area contributed by atoms with Crippen LogP contribution in [0.4, 0.5) is 0 Å². The Hall–Kier alpha value is -3.53. The van der Waals surface area contributed by atoms with E-state index in [1.165, 1.54) is 5.56 Å². The van der Waals surface area contributed by atoms with Crippen molar-refractivity contribution in [1.29, 1.82) is 0 Å². The molecule has 130 valence electrons. The molecule has 0 amide bonds. The van der Waals surface area contributed by atoms with Crippen LogP contribution in [0.25, 0.3) is 44.5 Å². The van der Waals surface area contributed by atoms with E-state index >= 15 is 0 Å². The zero-order chi connectivity index (χ0) is 18.2. The number of benzene rings is 3. The van der Waals surface area contributed by atoms with E-state index in [0.29, 0.717) is 11.7 Å². The Labute approximate surface area is 156 Å². The number of aromatic nitrogens is 3. The van der Waals surface area contributed by atoms with Gasteiger partial charge in [-0.15, -0.1) is 0 Å². The smallest absolute Gasteiger partial charge is 0.259 e. The van der Waals surface area contributed by atoms with Gasteiger partial charge in [0, 0.05) is 11.6 Å². The first-order chi connectivity index (χ1) is 13.3. The third kappa shape index (κ3) is 2.57. The second kappa shape index (κ2) is 6.32. The highest BCUT2D eigenvalue weighted by Crippen LogP contribution is 2.33. The third-order valence-electron chi connectivity index (χ3n) is 4.92. The van der Waals surface area contributed by atoms with Crippen molar-refractivity contribution < 1.29 is 4.52 Å². The molecule has 0 aliphatic rings. The molecule has 4 nitrogen and oxygen atoms in total. The van der Waals surface area contributed by atoms with Crippen LogP contribution in [0.2, 0.25) is 0 Å². The van der Waals surface area contributed by atoms with Gasteiger partial charge in [-0.3, -0.25) is 4.98 Å². The van der Waals surface area contributed by atoms with Gasteiger partial charge >= 0.3 is 0 Å². The lowest BCUT2D eigenvalue weighted by Crippen LogP contribution is -1.91. The first-order valence-corrected chi connectivity index (χ1v) is 9.04. The largest absolute Gasteiger partial charge is 0.334 e. The molecule has 0 fully saturated rings. The monoisotopic (exact) mass is 351 g/mol. The molecule has 0 bridgehead atoms. The van der Waals surface area contributed by atoms with Crippen LogP contribution in [0.15, 0.2) is 77.4 Å². The van der Waals surface area contributed by atoms with Crippen LogP contribution in [0, 0.1) is 0 Å². The van der Waals surface area contributed by atoms with Crippen LogP contribution in [0.5, 0.6) is 0 Å². The topological polar surface area (TPSA) is 51.8 Å². The van der Waals surface area contributed by atoms with Crippen molar-refractivity contribution in [2.75, 3.05) is 0 Å². The summed E-state index contributed by atoms with van der Waals surface area (Å²) in [5.74, 6) is 1.05. The fraction of sp³-hybridized carbons (Fsp3) is 0.0870. The van der Waals surface area contributed by atoms with E-state index in [9.17, 15) is 0 Å². The van der Waals surface area contributed by atoms with Gasteiger partial charge in [0.15, 0.2) is 0 Å². The summed E-state index contributed by atoms with van der Waals surface area (Å²) in [5.41, 5.74) is 2.94. The molecule has 0 unspecified atom stereocenters. The SMILES string of the molecule is CCc1ccc2ccccc2c1-c1nc(-c2nccc3ccccc23)no1. The Morgan fingerprint density at radius 1 is 0.815 bits per heavy atom. The number of hydrogen-bond donors (Lipinski definition) is 0.